The molecule has 1 amide bonds. The van der Waals surface area contributed by atoms with E-state index in [1.165, 1.54) is 6.08 Å². The van der Waals surface area contributed by atoms with Crippen LogP contribution < -0.4 is 0 Å². The van der Waals surface area contributed by atoms with Gasteiger partial charge < -0.3 is 14.4 Å². The van der Waals surface area contributed by atoms with Crippen LogP contribution in [-0.4, -0.2) is 48.7 Å². The van der Waals surface area contributed by atoms with Gasteiger partial charge in [0.1, 0.15) is 0 Å². The molecule has 1 fully saturated rings. The predicted molar refractivity (Wildman–Crippen MR) is 83.0 cm³/mol. The van der Waals surface area contributed by atoms with Gasteiger partial charge in [-0.2, -0.15) is 0 Å². The monoisotopic (exact) mass is 303 g/mol. The Morgan fingerprint density at radius 2 is 1.86 bits per heavy atom. The molecule has 1 heterocycles. The Kier molecular flexibility index (Phi) is 5.72. The molecule has 0 radical (unpaired) electrons. The molecule has 0 unspecified atom stereocenters. The number of amides is 1. The second-order valence-corrected chi connectivity index (χ2v) is 5.41. The lowest BCUT2D eigenvalue weighted by Gasteiger charge is -2.35. The lowest BCUT2D eigenvalue weighted by molar-refractivity contribution is -0.154. The van der Waals surface area contributed by atoms with Crippen LogP contribution in [0.5, 0.6) is 0 Å². The van der Waals surface area contributed by atoms with Crippen molar-refractivity contribution in [2.24, 2.45) is 0 Å². The highest BCUT2D eigenvalue weighted by atomic mass is 16.5. The summed E-state index contributed by atoms with van der Waals surface area (Å²) in [5.74, 6) is -0.713. The lowest BCUT2D eigenvalue weighted by atomic mass is 10.2. The SMILES string of the molecule is C[C@@H]1CN(C(=O)COC(=O)/C=C/c2ccccc2)C[C@@H](C)O1. The molecule has 22 heavy (non-hydrogen) atoms. The molecule has 118 valence electrons. The van der Waals surface area contributed by atoms with E-state index >= 15 is 0 Å². The summed E-state index contributed by atoms with van der Waals surface area (Å²) in [6.45, 7) is 4.66. The third-order valence-electron chi connectivity index (χ3n) is 3.32. The van der Waals surface area contributed by atoms with Gasteiger partial charge in [0.15, 0.2) is 6.61 Å². The van der Waals surface area contributed by atoms with Crippen LogP contribution in [0.1, 0.15) is 19.4 Å². The summed E-state index contributed by atoms with van der Waals surface area (Å²) in [5.41, 5.74) is 0.904. The first-order valence-corrected chi connectivity index (χ1v) is 7.37. The van der Waals surface area contributed by atoms with Crippen LogP contribution in [0.15, 0.2) is 36.4 Å². The largest absolute Gasteiger partial charge is 0.452 e. The number of carbonyl (C=O) groups is 2. The van der Waals surface area contributed by atoms with Gasteiger partial charge in [0.05, 0.1) is 12.2 Å². The number of nitrogens with zero attached hydrogens (tertiary/aromatic N) is 1. The van der Waals surface area contributed by atoms with E-state index in [1.54, 1.807) is 11.0 Å². The molecule has 0 spiro atoms. The fourth-order valence-electron chi connectivity index (χ4n) is 2.38. The van der Waals surface area contributed by atoms with Crippen molar-refractivity contribution in [2.45, 2.75) is 26.1 Å². The van der Waals surface area contributed by atoms with Crippen molar-refractivity contribution in [3.8, 4) is 0 Å². The summed E-state index contributed by atoms with van der Waals surface area (Å²) in [5, 5.41) is 0. The Hall–Kier alpha value is -2.14. The van der Waals surface area contributed by atoms with Gasteiger partial charge in [-0.25, -0.2) is 4.79 Å². The van der Waals surface area contributed by atoms with Crippen molar-refractivity contribution in [3.05, 3.63) is 42.0 Å². The van der Waals surface area contributed by atoms with E-state index in [1.807, 2.05) is 44.2 Å². The fourth-order valence-corrected chi connectivity index (χ4v) is 2.38. The molecular weight excluding hydrogens is 282 g/mol. The van der Waals surface area contributed by atoms with Crippen molar-refractivity contribution >= 4 is 18.0 Å². The number of morpholine rings is 1. The summed E-state index contributed by atoms with van der Waals surface area (Å²) >= 11 is 0. The first-order chi connectivity index (χ1) is 10.5. The Morgan fingerprint density at radius 3 is 2.50 bits per heavy atom. The predicted octanol–water partition coefficient (Wildman–Crippen LogP) is 1.88. The molecule has 1 aliphatic heterocycles. The topological polar surface area (TPSA) is 55.8 Å². The van der Waals surface area contributed by atoms with Gasteiger partial charge in [-0.1, -0.05) is 30.3 Å². The van der Waals surface area contributed by atoms with Crippen molar-refractivity contribution in [1.82, 2.24) is 4.90 Å². The zero-order valence-corrected chi connectivity index (χ0v) is 12.9. The number of ether oxygens (including phenoxy) is 2. The summed E-state index contributed by atoms with van der Waals surface area (Å²) in [7, 11) is 0. The molecule has 1 saturated heterocycles. The Morgan fingerprint density at radius 1 is 1.23 bits per heavy atom. The van der Waals surface area contributed by atoms with Gasteiger partial charge in [-0.05, 0) is 25.5 Å². The van der Waals surface area contributed by atoms with Crippen LogP contribution in [0.4, 0.5) is 0 Å². The van der Waals surface area contributed by atoms with E-state index in [9.17, 15) is 9.59 Å². The maximum atomic E-state index is 12.0. The van der Waals surface area contributed by atoms with E-state index in [-0.39, 0.29) is 24.7 Å². The second-order valence-electron chi connectivity index (χ2n) is 5.41. The molecule has 2 rings (SSSR count). The van der Waals surface area contributed by atoms with E-state index in [0.717, 1.165) is 5.56 Å². The first-order valence-electron chi connectivity index (χ1n) is 7.37. The van der Waals surface area contributed by atoms with Crippen LogP contribution in [0.2, 0.25) is 0 Å². The van der Waals surface area contributed by atoms with Crippen molar-refractivity contribution < 1.29 is 19.1 Å². The van der Waals surface area contributed by atoms with Gasteiger partial charge >= 0.3 is 5.97 Å². The summed E-state index contributed by atoms with van der Waals surface area (Å²) in [6, 6.07) is 9.43. The van der Waals surface area contributed by atoms with Crippen molar-refractivity contribution in [2.75, 3.05) is 19.7 Å². The number of carbonyl (C=O) groups excluding carboxylic acids is 2. The molecule has 0 bridgehead atoms. The smallest absolute Gasteiger partial charge is 0.331 e. The molecule has 5 heteroatoms. The third kappa shape index (κ3) is 5.00. The highest BCUT2D eigenvalue weighted by Gasteiger charge is 2.26. The molecule has 1 aromatic carbocycles. The highest BCUT2D eigenvalue weighted by molar-refractivity contribution is 5.89. The quantitative estimate of drug-likeness (QED) is 0.629. The van der Waals surface area contributed by atoms with Gasteiger partial charge in [-0.15, -0.1) is 0 Å². The van der Waals surface area contributed by atoms with Crippen LogP contribution >= 0.6 is 0 Å². The van der Waals surface area contributed by atoms with Crippen molar-refractivity contribution in [3.63, 3.8) is 0 Å². The molecule has 1 aliphatic rings. The molecule has 0 N–H and O–H groups in total. The average molecular weight is 303 g/mol. The van der Waals surface area contributed by atoms with Crippen LogP contribution in [0, 0.1) is 0 Å². The molecule has 0 aliphatic carbocycles. The van der Waals surface area contributed by atoms with Gasteiger partial charge in [-0.3, -0.25) is 4.79 Å². The van der Waals surface area contributed by atoms with Crippen LogP contribution in [0.25, 0.3) is 6.08 Å². The normalized spacial score (nSPS) is 21.8. The van der Waals surface area contributed by atoms with E-state index in [4.69, 9.17) is 9.47 Å². The zero-order valence-electron chi connectivity index (χ0n) is 12.9. The maximum Gasteiger partial charge on any atom is 0.331 e. The highest BCUT2D eigenvalue weighted by Crippen LogP contribution is 2.10. The minimum absolute atomic E-state index is 0.00128. The number of benzene rings is 1. The van der Waals surface area contributed by atoms with Crippen LogP contribution in [0.3, 0.4) is 0 Å². The van der Waals surface area contributed by atoms with Gasteiger partial charge in [0, 0.05) is 19.2 Å². The second kappa shape index (κ2) is 7.75. The zero-order chi connectivity index (χ0) is 15.9. The fraction of sp³-hybridized carbons (Fsp3) is 0.412. The first kappa shape index (κ1) is 16.2. The number of hydrogen-bond acceptors (Lipinski definition) is 4. The average Bonchev–Trinajstić information content (AvgIpc) is 2.50. The molecule has 5 nitrogen and oxygen atoms in total. The summed E-state index contributed by atoms with van der Waals surface area (Å²) < 4.78 is 10.6. The maximum absolute atomic E-state index is 12.0. The minimum atomic E-state index is -0.522. The van der Waals surface area contributed by atoms with E-state index in [2.05, 4.69) is 0 Å². The van der Waals surface area contributed by atoms with Gasteiger partial charge in [0.2, 0.25) is 0 Å². The lowest BCUT2D eigenvalue weighted by Crippen LogP contribution is -2.49. The van der Waals surface area contributed by atoms with E-state index < -0.39 is 5.97 Å². The number of esters is 1. The molecular formula is C17H21NO4. The number of rotatable bonds is 4. The van der Waals surface area contributed by atoms with Crippen molar-refractivity contribution in [1.29, 1.82) is 0 Å². The standard InChI is InChI=1S/C17H21NO4/c1-13-10-18(11-14(2)22-13)16(19)12-21-17(20)9-8-15-6-4-3-5-7-15/h3-9,13-14H,10-12H2,1-2H3/b9-8+/t13-,14-/m1/s1. The molecule has 2 atom stereocenters. The Bertz CT molecular complexity index is 531. The Balaban J connectivity index is 1.78. The third-order valence-corrected chi connectivity index (χ3v) is 3.32. The molecule has 0 saturated carbocycles. The van der Waals surface area contributed by atoms with Crippen LogP contribution in [-0.2, 0) is 19.1 Å². The summed E-state index contributed by atoms with van der Waals surface area (Å²) in [6.07, 6.45) is 2.99. The molecule has 0 aromatic heterocycles. The minimum Gasteiger partial charge on any atom is -0.452 e. The number of hydrogen-bond donors (Lipinski definition) is 0. The van der Waals surface area contributed by atoms with E-state index in [0.29, 0.717) is 13.1 Å². The summed E-state index contributed by atoms with van der Waals surface area (Å²) in [4.78, 5) is 25.3. The van der Waals surface area contributed by atoms with Gasteiger partial charge in [0.25, 0.3) is 5.91 Å². The Labute approximate surface area is 130 Å². The molecule has 1 aromatic rings.